The van der Waals surface area contributed by atoms with Crippen LogP contribution in [0, 0.1) is 0 Å². The van der Waals surface area contributed by atoms with E-state index in [1.165, 1.54) is 154 Å². The standard InChI is InChI=1S/C52H97NO7/c1-6-8-10-12-14-16-18-20-22-24-25-27-29-31-33-35-37-39-41-43-51(55)60-48(46-58-45-44-49(52(56)57)53(3,4)5)47-59-50(54)42-40-38-36-34-32-30-28-26-23-21-19-17-15-13-11-9-7-2/h15,17,21,23,48-49H,6-14,16,18-20,22,24-47H2,1-5H3/b17-15+,23-21+. The van der Waals surface area contributed by atoms with Gasteiger partial charge in [0.15, 0.2) is 6.10 Å². The summed E-state index contributed by atoms with van der Waals surface area (Å²) in [6, 6.07) is -0.724. The first kappa shape index (κ1) is 57.8. The lowest BCUT2D eigenvalue weighted by molar-refractivity contribution is -0.889. The summed E-state index contributed by atoms with van der Waals surface area (Å²) in [4.78, 5) is 37.0. The van der Waals surface area contributed by atoms with Crippen molar-refractivity contribution in [3.63, 3.8) is 0 Å². The molecule has 0 heterocycles. The van der Waals surface area contributed by atoms with Crippen LogP contribution >= 0.6 is 0 Å². The summed E-state index contributed by atoms with van der Waals surface area (Å²) in [5.74, 6) is -1.73. The van der Waals surface area contributed by atoms with Gasteiger partial charge in [-0.15, -0.1) is 0 Å². The van der Waals surface area contributed by atoms with Crippen LogP contribution in [0.25, 0.3) is 0 Å². The molecule has 0 N–H and O–H groups in total. The molecule has 0 rings (SSSR count). The summed E-state index contributed by atoms with van der Waals surface area (Å²) >= 11 is 0. The van der Waals surface area contributed by atoms with Crippen LogP contribution in [0.5, 0.6) is 0 Å². The highest BCUT2D eigenvalue weighted by Crippen LogP contribution is 2.16. The number of hydrogen-bond donors (Lipinski definition) is 0. The molecular formula is C52H97NO7. The van der Waals surface area contributed by atoms with Crippen molar-refractivity contribution in [2.75, 3.05) is 41.0 Å². The Bertz CT molecular complexity index is 1040. The number of likely N-dealkylation sites (N-methyl/N-ethyl adjacent to an activating group) is 1. The topological polar surface area (TPSA) is 102 Å². The van der Waals surface area contributed by atoms with Gasteiger partial charge in [0.05, 0.1) is 40.3 Å². The molecule has 0 aromatic carbocycles. The van der Waals surface area contributed by atoms with Crippen molar-refractivity contribution in [3.8, 4) is 0 Å². The van der Waals surface area contributed by atoms with E-state index in [2.05, 4.69) is 38.2 Å². The first-order valence-electron chi connectivity index (χ1n) is 25.4. The van der Waals surface area contributed by atoms with Gasteiger partial charge in [-0.3, -0.25) is 9.59 Å². The molecular weight excluding hydrogens is 751 g/mol. The van der Waals surface area contributed by atoms with Crippen molar-refractivity contribution in [1.82, 2.24) is 0 Å². The Hall–Kier alpha value is -2.19. The highest BCUT2D eigenvalue weighted by molar-refractivity contribution is 5.70. The molecule has 0 saturated heterocycles. The smallest absolute Gasteiger partial charge is 0.306 e. The molecule has 2 unspecified atom stereocenters. The zero-order valence-corrected chi connectivity index (χ0v) is 40.1. The average molecular weight is 848 g/mol. The van der Waals surface area contributed by atoms with E-state index in [0.29, 0.717) is 12.8 Å². The second-order valence-corrected chi connectivity index (χ2v) is 18.4. The summed E-state index contributed by atoms with van der Waals surface area (Å²) in [6.45, 7) is 4.67. The molecule has 0 aliphatic carbocycles. The molecule has 2 atom stereocenters. The minimum atomic E-state index is -1.12. The maximum atomic E-state index is 12.8. The van der Waals surface area contributed by atoms with Crippen LogP contribution in [0.1, 0.15) is 239 Å². The lowest BCUT2D eigenvalue weighted by atomic mass is 10.0. The van der Waals surface area contributed by atoms with Gasteiger partial charge in [0, 0.05) is 19.3 Å². The van der Waals surface area contributed by atoms with E-state index in [-0.39, 0.29) is 42.7 Å². The molecule has 0 fully saturated rings. The summed E-state index contributed by atoms with van der Waals surface area (Å²) < 4.78 is 17.2. The van der Waals surface area contributed by atoms with E-state index < -0.39 is 18.1 Å². The van der Waals surface area contributed by atoms with Crippen LogP contribution in [-0.2, 0) is 28.6 Å². The first-order valence-corrected chi connectivity index (χ1v) is 25.4. The van der Waals surface area contributed by atoms with Crippen LogP contribution < -0.4 is 5.11 Å². The lowest BCUT2D eigenvalue weighted by Gasteiger charge is -2.34. The molecule has 352 valence electrons. The fourth-order valence-electron chi connectivity index (χ4n) is 7.63. The molecule has 8 heteroatoms. The Balaban J connectivity index is 4.24. The highest BCUT2D eigenvalue weighted by atomic mass is 16.6. The quantitative estimate of drug-likeness (QED) is 0.0260. The van der Waals surface area contributed by atoms with E-state index in [1.54, 1.807) is 21.1 Å². The molecule has 0 amide bonds. The van der Waals surface area contributed by atoms with Crippen LogP contribution in [0.15, 0.2) is 24.3 Å². The van der Waals surface area contributed by atoms with Gasteiger partial charge in [-0.1, -0.05) is 199 Å². The Labute approximate surface area is 371 Å². The van der Waals surface area contributed by atoms with Gasteiger partial charge in [-0.25, -0.2) is 0 Å². The second-order valence-electron chi connectivity index (χ2n) is 18.4. The number of aliphatic carboxylic acids is 1. The number of carboxylic acid groups (broad SMARTS) is 1. The molecule has 0 aliphatic rings. The highest BCUT2D eigenvalue weighted by Gasteiger charge is 2.25. The number of carboxylic acids is 1. The van der Waals surface area contributed by atoms with Crippen molar-refractivity contribution < 1.29 is 38.2 Å². The number of carbonyl (C=O) groups is 3. The van der Waals surface area contributed by atoms with E-state index >= 15 is 0 Å². The average Bonchev–Trinajstić information content (AvgIpc) is 3.21. The number of ether oxygens (including phenoxy) is 3. The summed E-state index contributed by atoms with van der Waals surface area (Å²) in [5.41, 5.74) is 0. The van der Waals surface area contributed by atoms with Gasteiger partial charge in [0.1, 0.15) is 12.6 Å². The monoisotopic (exact) mass is 848 g/mol. The Morgan fingerprint density at radius 1 is 0.500 bits per heavy atom. The van der Waals surface area contributed by atoms with Crippen molar-refractivity contribution in [1.29, 1.82) is 0 Å². The van der Waals surface area contributed by atoms with Gasteiger partial charge in [0.2, 0.25) is 0 Å². The number of unbranched alkanes of at least 4 members (excludes halogenated alkanes) is 28. The van der Waals surface area contributed by atoms with E-state index in [4.69, 9.17) is 14.2 Å². The van der Waals surface area contributed by atoms with Crippen molar-refractivity contribution in [2.24, 2.45) is 0 Å². The third-order valence-electron chi connectivity index (χ3n) is 11.6. The van der Waals surface area contributed by atoms with Gasteiger partial charge in [0.25, 0.3) is 0 Å². The lowest BCUT2D eigenvalue weighted by Crippen LogP contribution is -2.55. The van der Waals surface area contributed by atoms with E-state index in [9.17, 15) is 19.5 Å². The summed E-state index contributed by atoms with van der Waals surface area (Å²) in [7, 11) is 5.42. The number of allylic oxidation sites excluding steroid dienone is 4. The number of rotatable bonds is 46. The fourth-order valence-corrected chi connectivity index (χ4v) is 7.63. The van der Waals surface area contributed by atoms with Crippen LogP contribution in [-0.4, -0.2) is 75.5 Å². The molecule has 0 aromatic heterocycles. The van der Waals surface area contributed by atoms with Crippen molar-refractivity contribution >= 4 is 17.9 Å². The van der Waals surface area contributed by atoms with Crippen LogP contribution in [0.2, 0.25) is 0 Å². The van der Waals surface area contributed by atoms with Gasteiger partial charge in [-0.2, -0.15) is 0 Å². The van der Waals surface area contributed by atoms with Gasteiger partial charge < -0.3 is 28.6 Å². The Morgan fingerprint density at radius 2 is 0.883 bits per heavy atom. The number of nitrogens with zero attached hydrogens (tertiary/aromatic N) is 1. The van der Waals surface area contributed by atoms with Gasteiger partial charge in [-0.05, 0) is 44.9 Å². The SMILES string of the molecule is CCCCC/C=C/C/C=C/CCCCCCCCCC(=O)OCC(COCCC(C(=O)[O-])[N+](C)(C)C)OC(=O)CCCCCCCCCCCCCCCCCCCCC. The largest absolute Gasteiger partial charge is 0.544 e. The number of quaternary nitrogens is 1. The molecule has 60 heavy (non-hydrogen) atoms. The predicted octanol–water partition coefficient (Wildman–Crippen LogP) is 13.1. The summed E-state index contributed by atoms with van der Waals surface area (Å²) in [6.07, 6.45) is 49.1. The number of esters is 2. The second kappa shape index (κ2) is 43.5. The van der Waals surface area contributed by atoms with Crippen LogP contribution in [0.4, 0.5) is 0 Å². The molecule has 0 bridgehead atoms. The molecule has 0 radical (unpaired) electrons. The van der Waals surface area contributed by atoms with Gasteiger partial charge >= 0.3 is 11.9 Å². The van der Waals surface area contributed by atoms with E-state index in [0.717, 1.165) is 51.4 Å². The normalized spacial score (nSPS) is 13.0. The molecule has 0 aliphatic heterocycles. The molecule has 8 nitrogen and oxygen atoms in total. The zero-order chi connectivity index (χ0) is 44.2. The third-order valence-corrected chi connectivity index (χ3v) is 11.6. The number of hydrogen-bond acceptors (Lipinski definition) is 7. The van der Waals surface area contributed by atoms with Crippen molar-refractivity contribution in [2.45, 2.75) is 251 Å². The number of carbonyl (C=O) groups excluding carboxylic acids is 3. The predicted molar refractivity (Wildman–Crippen MR) is 250 cm³/mol. The minimum absolute atomic E-state index is 0.0427. The maximum Gasteiger partial charge on any atom is 0.306 e. The van der Waals surface area contributed by atoms with Crippen LogP contribution in [0.3, 0.4) is 0 Å². The fraction of sp³-hybridized carbons (Fsp3) is 0.865. The first-order chi connectivity index (χ1) is 29.1. The Kier molecular flexibility index (Phi) is 41.9. The maximum absolute atomic E-state index is 12.8. The molecule has 0 saturated carbocycles. The van der Waals surface area contributed by atoms with E-state index in [1.807, 2.05) is 0 Å². The summed E-state index contributed by atoms with van der Waals surface area (Å²) in [5, 5.41) is 11.7. The van der Waals surface area contributed by atoms with Crippen molar-refractivity contribution in [3.05, 3.63) is 24.3 Å². The Morgan fingerprint density at radius 3 is 1.32 bits per heavy atom. The molecule has 0 spiro atoms. The molecule has 0 aromatic rings. The minimum Gasteiger partial charge on any atom is -0.544 e. The third kappa shape index (κ3) is 41.2. The zero-order valence-electron chi connectivity index (χ0n) is 40.1.